The number of nitrogens with zero attached hydrogens (tertiary/aromatic N) is 2. The molecule has 7 rings (SSSR count). The maximum atomic E-state index is 6.60. The van der Waals surface area contributed by atoms with E-state index in [1.165, 1.54) is 30.9 Å². The molecule has 0 saturated heterocycles. The average Bonchev–Trinajstić information content (AvgIpc) is 3.33. The summed E-state index contributed by atoms with van der Waals surface area (Å²) in [5, 5.41) is 5.69. The molecule has 0 aliphatic carbocycles. The first-order valence-electron chi connectivity index (χ1n) is 11.8. The molecule has 36 heavy (non-hydrogen) atoms. The Bertz CT molecular complexity index is 1910. The summed E-state index contributed by atoms with van der Waals surface area (Å²) < 4.78 is 2.49. The van der Waals surface area contributed by atoms with Crippen molar-refractivity contribution in [1.82, 2.24) is 9.97 Å². The van der Waals surface area contributed by atoms with Crippen LogP contribution in [0.1, 0.15) is 0 Å². The predicted molar refractivity (Wildman–Crippen MR) is 154 cm³/mol. The predicted octanol–water partition coefficient (Wildman–Crippen LogP) is 9.65. The van der Waals surface area contributed by atoms with Crippen LogP contribution in [-0.4, -0.2) is 9.97 Å². The van der Waals surface area contributed by atoms with Crippen molar-refractivity contribution in [1.29, 1.82) is 0 Å². The maximum absolute atomic E-state index is 6.60. The zero-order chi connectivity index (χ0) is 24.1. The van der Waals surface area contributed by atoms with Crippen molar-refractivity contribution in [3.05, 3.63) is 120 Å². The third kappa shape index (κ3) is 3.48. The van der Waals surface area contributed by atoms with E-state index < -0.39 is 0 Å². The van der Waals surface area contributed by atoms with Gasteiger partial charge < -0.3 is 0 Å². The molecule has 0 atom stereocenters. The van der Waals surface area contributed by atoms with Gasteiger partial charge in [-0.25, -0.2) is 9.97 Å². The Hall–Kier alpha value is -4.05. The Morgan fingerprint density at radius 1 is 0.528 bits per heavy atom. The lowest BCUT2D eigenvalue weighted by molar-refractivity contribution is 1.19. The molecule has 0 fully saturated rings. The Morgan fingerprint density at radius 3 is 2.11 bits per heavy atom. The monoisotopic (exact) mass is 498 g/mol. The van der Waals surface area contributed by atoms with Gasteiger partial charge in [0.25, 0.3) is 0 Å². The van der Waals surface area contributed by atoms with Crippen LogP contribution in [-0.2, 0) is 0 Å². The van der Waals surface area contributed by atoms with Gasteiger partial charge in [-0.3, -0.25) is 0 Å². The lowest BCUT2D eigenvalue weighted by Gasteiger charge is -2.11. The summed E-state index contributed by atoms with van der Waals surface area (Å²) in [6.07, 6.45) is 0. The molecule has 0 aliphatic rings. The molecule has 2 nitrogen and oxygen atoms in total. The zero-order valence-electron chi connectivity index (χ0n) is 19.2. The van der Waals surface area contributed by atoms with E-state index in [0.29, 0.717) is 10.8 Å². The fraction of sp³-hybridized carbons (Fsp3) is 0. The first kappa shape index (κ1) is 21.3. The summed E-state index contributed by atoms with van der Waals surface area (Å²) in [5.74, 6) is 0.702. The molecule has 0 N–H and O–H groups in total. The van der Waals surface area contributed by atoms with Gasteiger partial charge in [0.2, 0.25) is 0 Å². The quantitative estimate of drug-likeness (QED) is 0.242. The second kappa shape index (κ2) is 8.56. The molecule has 0 saturated carbocycles. The second-order valence-corrected chi connectivity index (χ2v) is 10.2. The highest BCUT2D eigenvalue weighted by Crippen LogP contribution is 2.42. The van der Waals surface area contributed by atoms with Gasteiger partial charge in [0.1, 0.15) is 0 Å². The van der Waals surface area contributed by atoms with Crippen LogP contribution in [0.3, 0.4) is 0 Å². The van der Waals surface area contributed by atoms with Gasteiger partial charge >= 0.3 is 0 Å². The molecule has 0 bridgehead atoms. The van der Waals surface area contributed by atoms with Crippen LogP contribution in [0, 0.1) is 0 Å². The molecule has 7 aromatic rings. The van der Waals surface area contributed by atoms with E-state index in [1.54, 1.807) is 0 Å². The van der Waals surface area contributed by atoms with Crippen molar-refractivity contribution in [3.8, 4) is 33.9 Å². The summed E-state index contributed by atoms with van der Waals surface area (Å²) in [4.78, 5) is 10.1. The Kier molecular flexibility index (Phi) is 5.05. The van der Waals surface area contributed by atoms with Crippen molar-refractivity contribution in [2.75, 3.05) is 0 Å². The lowest BCUT2D eigenvalue weighted by Crippen LogP contribution is -1.96. The van der Waals surface area contributed by atoms with Gasteiger partial charge in [-0.15, -0.1) is 11.3 Å². The highest BCUT2D eigenvalue weighted by molar-refractivity contribution is 7.27. The SMILES string of the molecule is Clc1ccccc1-c1cc(-c2ccccc2)nc(-c2cccc3c2sc2c4ccccc4ccc32)n1. The third-order valence-corrected chi connectivity index (χ3v) is 8.19. The van der Waals surface area contributed by atoms with Gasteiger partial charge in [0.05, 0.1) is 11.4 Å². The Labute approximate surface area is 217 Å². The molecular weight excluding hydrogens is 480 g/mol. The van der Waals surface area contributed by atoms with Crippen molar-refractivity contribution in [2.24, 2.45) is 0 Å². The van der Waals surface area contributed by atoms with Crippen molar-refractivity contribution < 1.29 is 0 Å². The van der Waals surface area contributed by atoms with Crippen LogP contribution in [0.5, 0.6) is 0 Å². The Balaban J connectivity index is 1.53. The molecular formula is C32H19ClN2S. The van der Waals surface area contributed by atoms with Crippen molar-refractivity contribution in [3.63, 3.8) is 0 Å². The van der Waals surface area contributed by atoms with Gasteiger partial charge in [-0.1, -0.05) is 109 Å². The number of rotatable bonds is 3. The molecule has 0 radical (unpaired) electrons. The fourth-order valence-corrected chi connectivity index (χ4v) is 6.41. The first-order valence-corrected chi connectivity index (χ1v) is 13.0. The van der Waals surface area contributed by atoms with Crippen molar-refractivity contribution >= 4 is 53.9 Å². The third-order valence-electron chi connectivity index (χ3n) is 6.58. The number of benzene rings is 5. The molecule has 5 aromatic carbocycles. The minimum atomic E-state index is 0.674. The molecule has 170 valence electrons. The van der Waals surface area contributed by atoms with Crippen LogP contribution in [0.4, 0.5) is 0 Å². The molecule has 2 heterocycles. The topological polar surface area (TPSA) is 25.8 Å². The minimum absolute atomic E-state index is 0.674. The van der Waals surface area contributed by atoms with E-state index in [2.05, 4.69) is 66.7 Å². The smallest absolute Gasteiger partial charge is 0.161 e. The van der Waals surface area contributed by atoms with E-state index >= 15 is 0 Å². The largest absolute Gasteiger partial charge is 0.228 e. The van der Waals surface area contributed by atoms with E-state index in [4.69, 9.17) is 21.6 Å². The van der Waals surface area contributed by atoms with Crippen LogP contribution in [0.25, 0.3) is 64.8 Å². The number of aromatic nitrogens is 2. The molecule has 0 unspecified atom stereocenters. The summed E-state index contributed by atoms with van der Waals surface area (Å²) in [6.45, 7) is 0. The Morgan fingerprint density at radius 2 is 1.22 bits per heavy atom. The van der Waals surface area contributed by atoms with Gasteiger partial charge in [0, 0.05) is 41.9 Å². The number of hydrogen-bond acceptors (Lipinski definition) is 3. The first-order chi connectivity index (χ1) is 17.8. The summed E-state index contributed by atoms with van der Waals surface area (Å²) in [5.41, 5.74) is 4.66. The summed E-state index contributed by atoms with van der Waals surface area (Å²) in [6, 6.07) is 39.5. The summed E-state index contributed by atoms with van der Waals surface area (Å²) >= 11 is 8.41. The molecule has 2 aromatic heterocycles. The number of thiophene rings is 1. The second-order valence-electron chi connectivity index (χ2n) is 8.76. The fourth-order valence-electron chi connectivity index (χ4n) is 4.83. The van der Waals surface area contributed by atoms with Gasteiger partial charge in [0.15, 0.2) is 5.82 Å². The highest BCUT2D eigenvalue weighted by Gasteiger charge is 2.17. The van der Waals surface area contributed by atoms with Crippen molar-refractivity contribution in [2.45, 2.75) is 0 Å². The van der Waals surface area contributed by atoms with E-state index in [9.17, 15) is 0 Å². The van der Waals surface area contributed by atoms with Gasteiger partial charge in [-0.05, 0) is 29.0 Å². The van der Waals surface area contributed by atoms with Crippen LogP contribution in [0.2, 0.25) is 5.02 Å². The van der Waals surface area contributed by atoms with Crippen LogP contribution < -0.4 is 0 Å². The highest BCUT2D eigenvalue weighted by atomic mass is 35.5. The summed E-state index contributed by atoms with van der Waals surface area (Å²) in [7, 11) is 0. The lowest BCUT2D eigenvalue weighted by atomic mass is 10.0. The van der Waals surface area contributed by atoms with E-state index in [-0.39, 0.29) is 0 Å². The number of fused-ring (bicyclic) bond motifs is 5. The van der Waals surface area contributed by atoms with E-state index in [1.807, 2.05) is 59.9 Å². The number of hydrogen-bond donors (Lipinski definition) is 0. The van der Waals surface area contributed by atoms with Crippen LogP contribution >= 0.6 is 22.9 Å². The average molecular weight is 499 g/mol. The van der Waals surface area contributed by atoms with Crippen LogP contribution in [0.15, 0.2) is 115 Å². The molecule has 0 amide bonds. The molecule has 0 spiro atoms. The standard InChI is InChI=1S/C32H19ClN2S/c33-27-16-7-6-13-25(27)29-19-28(21-10-2-1-3-11-21)34-32(35-29)26-15-8-14-23-24-18-17-20-9-4-5-12-22(20)30(24)36-31(23)26/h1-19H. The maximum Gasteiger partial charge on any atom is 0.161 e. The minimum Gasteiger partial charge on any atom is -0.228 e. The molecule has 0 aliphatic heterocycles. The normalized spacial score (nSPS) is 11.5. The zero-order valence-corrected chi connectivity index (χ0v) is 20.7. The van der Waals surface area contributed by atoms with E-state index in [0.717, 1.165) is 28.1 Å². The molecule has 4 heteroatoms. The number of halogens is 1. The van der Waals surface area contributed by atoms with Gasteiger partial charge in [-0.2, -0.15) is 0 Å².